The monoisotopic (exact) mass is 323 g/mol. The van der Waals surface area contributed by atoms with Crippen molar-refractivity contribution in [2.75, 3.05) is 0 Å². The third-order valence-electron chi connectivity index (χ3n) is 3.83. The third-order valence-corrected chi connectivity index (χ3v) is 4.04. The van der Waals surface area contributed by atoms with Crippen LogP contribution in [0.4, 0.5) is 8.78 Å². The van der Waals surface area contributed by atoms with E-state index in [-0.39, 0.29) is 11.3 Å². The zero-order valence-corrected chi connectivity index (χ0v) is 12.3. The van der Waals surface area contributed by atoms with Gasteiger partial charge >= 0.3 is 0 Å². The van der Waals surface area contributed by atoms with Gasteiger partial charge in [0.15, 0.2) is 11.5 Å². The fourth-order valence-electron chi connectivity index (χ4n) is 2.56. The lowest BCUT2D eigenvalue weighted by Crippen LogP contribution is -2.42. The molecule has 2 heterocycles. The first-order valence-electron chi connectivity index (χ1n) is 6.51. The molecule has 7 heteroatoms. The van der Waals surface area contributed by atoms with Crippen molar-refractivity contribution in [3.63, 3.8) is 0 Å². The molecule has 2 aromatic rings. The molecule has 2 aromatic heterocycles. The largest absolute Gasteiger partial charge is 0.399 e. The number of fused-ring (bicyclic) bond motifs is 1. The maximum absolute atomic E-state index is 14.8. The summed E-state index contributed by atoms with van der Waals surface area (Å²) in [6.45, 7) is 1.09. The van der Waals surface area contributed by atoms with Gasteiger partial charge < -0.3 is 10.7 Å². The number of ketones is 1. The Bertz CT molecular complexity index is 838. The molecule has 0 fully saturated rings. The molecule has 1 aliphatic rings. The summed E-state index contributed by atoms with van der Waals surface area (Å²) in [5.74, 6) is -3.21. The van der Waals surface area contributed by atoms with Crippen LogP contribution in [-0.2, 0) is 0 Å². The Morgan fingerprint density at radius 2 is 2.23 bits per heavy atom. The van der Waals surface area contributed by atoms with E-state index in [1.807, 2.05) is 0 Å². The number of allylic oxidation sites excluding steroid dienone is 4. The fraction of sp³-hybridized carbons (Fsp3) is 0.200. The molecule has 114 valence electrons. The molecule has 3 N–H and O–H groups in total. The van der Waals surface area contributed by atoms with Crippen LogP contribution in [-0.4, -0.2) is 21.4 Å². The molecule has 0 saturated heterocycles. The van der Waals surface area contributed by atoms with Crippen molar-refractivity contribution in [1.82, 2.24) is 9.97 Å². The van der Waals surface area contributed by atoms with Crippen LogP contribution in [0.5, 0.6) is 0 Å². The minimum atomic E-state index is -2.30. The summed E-state index contributed by atoms with van der Waals surface area (Å²) >= 11 is 5.87. The maximum Gasteiger partial charge on any atom is 0.178 e. The number of nitrogens with one attached hydrogen (secondary N) is 1. The summed E-state index contributed by atoms with van der Waals surface area (Å²) in [6, 6.07) is 1.52. The van der Waals surface area contributed by atoms with Gasteiger partial charge in [-0.05, 0) is 25.1 Å². The first-order chi connectivity index (χ1) is 10.3. The summed E-state index contributed by atoms with van der Waals surface area (Å²) in [6.07, 6.45) is 4.93. The van der Waals surface area contributed by atoms with Crippen molar-refractivity contribution >= 4 is 28.4 Å². The number of rotatable bonds is 2. The number of nitrogens with zero attached hydrogens (tertiary/aromatic N) is 1. The van der Waals surface area contributed by atoms with Crippen LogP contribution in [0.25, 0.3) is 11.0 Å². The first kappa shape index (κ1) is 14.7. The van der Waals surface area contributed by atoms with E-state index in [0.717, 1.165) is 19.1 Å². The van der Waals surface area contributed by atoms with Gasteiger partial charge in [0.1, 0.15) is 17.4 Å². The predicted molar refractivity (Wildman–Crippen MR) is 79.9 cm³/mol. The summed E-state index contributed by atoms with van der Waals surface area (Å²) in [5, 5.41) is 0.734. The normalized spacial score (nSPS) is 25.0. The third kappa shape index (κ3) is 2.11. The number of pyridine rings is 1. The minimum Gasteiger partial charge on any atom is -0.399 e. The second kappa shape index (κ2) is 4.91. The second-order valence-electron chi connectivity index (χ2n) is 5.30. The Labute approximate surface area is 129 Å². The van der Waals surface area contributed by atoms with Crippen molar-refractivity contribution in [2.24, 2.45) is 11.7 Å². The van der Waals surface area contributed by atoms with Crippen molar-refractivity contribution in [3.05, 3.63) is 52.7 Å². The molecular weight excluding hydrogens is 312 g/mol. The highest BCUT2D eigenvalue weighted by molar-refractivity contribution is 6.31. The number of carbonyl (C=O) groups is 1. The van der Waals surface area contributed by atoms with Gasteiger partial charge in [-0.1, -0.05) is 11.6 Å². The number of halogens is 3. The molecular formula is C15H12ClF2N3O. The van der Waals surface area contributed by atoms with Crippen molar-refractivity contribution in [1.29, 1.82) is 0 Å². The van der Waals surface area contributed by atoms with Crippen molar-refractivity contribution < 1.29 is 13.6 Å². The van der Waals surface area contributed by atoms with Gasteiger partial charge in [0.2, 0.25) is 0 Å². The molecule has 2 atom stereocenters. The SMILES string of the molecule is CC1(F)C(N)=CC=C(F)C1C(=O)c1c[nH]c2ncc(Cl)cc12. The molecule has 0 aromatic carbocycles. The Hall–Kier alpha value is -2.21. The Morgan fingerprint density at radius 3 is 2.95 bits per heavy atom. The fourth-order valence-corrected chi connectivity index (χ4v) is 2.72. The summed E-state index contributed by atoms with van der Waals surface area (Å²) in [5.41, 5.74) is 3.62. The number of hydrogen-bond acceptors (Lipinski definition) is 3. The van der Waals surface area contributed by atoms with Crippen LogP contribution < -0.4 is 5.73 Å². The number of alkyl halides is 1. The minimum absolute atomic E-state index is 0.122. The molecule has 0 saturated carbocycles. The zero-order valence-electron chi connectivity index (χ0n) is 11.5. The molecule has 3 rings (SSSR count). The quantitative estimate of drug-likeness (QED) is 0.831. The molecule has 0 aliphatic heterocycles. The summed E-state index contributed by atoms with van der Waals surface area (Å²) in [4.78, 5) is 19.5. The van der Waals surface area contributed by atoms with Crippen LogP contribution in [0.2, 0.25) is 5.02 Å². The number of aromatic nitrogens is 2. The van der Waals surface area contributed by atoms with Gasteiger partial charge in [0, 0.05) is 29.0 Å². The van der Waals surface area contributed by atoms with Gasteiger partial charge in [0.25, 0.3) is 0 Å². The number of Topliss-reactive ketones (excluding diaryl/α,β-unsaturated/α-hetero) is 1. The zero-order chi connectivity index (χ0) is 16.1. The topological polar surface area (TPSA) is 71.8 Å². The van der Waals surface area contributed by atoms with Crippen LogP contribution in [0.3, 0.4) is 0 Å². The van der Waals surface area contributed by atoms with Gasteiger partial charge in [-0.3, -0.25) is 4.79 Å². The van der Waals surface area contributed by atoms with Crippen LogP contribution in [0, 0.1) is 5.92 Å². The maximum atomic E-state index is 14.8. The molecule has 1 aliphatic carbocycles. The smallest absolute Gasteiger partial charge is 0.178 e. The predicted octanol–water partition coefficient (Wildman–Crippen LogP) is 3.45. The van der Waals surface area contributed by atoms with E-state index in [1.165, 1.54) is 18.5 Å². The Balaban J connectivity index is 2.12. The van der Waals surface area contributed by atoms with E-state index in [1.54, 1.807) is 0 Å². The summed E-state index contributed by atoms with van der Waals surface area (Å²) in [7, 11) is 0. The highest BCUT2D eigenvalue weighted by Gasteiger charge is 2.47. The number of nitrogens with two attached hydrogens (primary N) is 1. The number of H-pyrrole nitrogens is 1. The van der Waals surface area contributed by atoms with E-state index >= 15 is 0 Å². The average Bonchev–Trinajstić information content (AvgIpc) is 2.86. The van der Waals surface area contributed by atoms with E-state index in [9.17, 15) is 13.6 Å². The molecule has 0 radical (unpaired) electrons. The van der Waals surface area contributed by atoms with Crippen molar-refractivity contribution in [2.45, 2.75) is 12.6 Å². The molecule has 0 bridgehead atoms. The van der Waals surface area contributed by atoms with Gasteiger partial charge in [0.05, 0.1) is 5.02 Å². The van der Waals surface area contributed by atoms with Gasteiger partial charge in [-0.15, -0.1) is 0 Å². The first-order valence-corrected chi connectivity index (χ1v) is 6.89. The number of carbonyl (C=O) groups excluding carboxylic acids is 1. The lowest BCUT2D eigenvalue weighted by molar-refractivity contribution is 0.0752. The van der Waals surface area contributed by atoms with E-state index < -0.39 is 23.2 Å². The average molecular weight is 324 g/mol. The van der Waals surface area contributed by atoms with Crippen LogP contribution >= 0.6 is 11.6 Å². The van der Waals surface area contributed by atoms with Crippen molar-refractivity contribution in [3.8, 4) is 0 Å². The number of aromatic amines is 1. The molecule has 4 nitrogen and oxygen atoms in total. The highest BCUT2D eigenvalue weighted by Crippen LogP contribution is 2.40. The molecule has 2 unspecified atom stereocenters. The molecule has 0 spiro atoms. The highest BCUT2D eigenvalue weighted by atomic mass is 35.5. The molecule has 0 amide bonds. The summed E-state index contributed by atoms with van der Waals surface area (Å²) < 4.78 is 28.8. The van der Waals surface area contributed by atoms with Gasteiger partial charge in [-0.25, -0.2) is 13.8 Å². The van der Waals surface area contributed by atoms with Crippen LogP contribution in [0.1, 0.15) is 17.3 Å². The van der Waals surface area contributed by atoms with E-state index in [4.69, 9.17) is 17.3 Å². The Kier molecular flexibility index (Phi) is 3.29. The van der Waals surface area contributed by atoms with E-state index in [0.29, 0.717) is 16.1 Å². The lowest BCUT2D eigenvalue weighted by atomic mass is 9.79. The number of hydrogen-bond donors (Lipinski definition) is 2. The second-order valence-corrected chi connectivity index (χ2v) is 5.73. The lowest BCUT2D eigenvalue weighted by Gasteiger charge is -2.31. The standard InChI is InChI=1S/C15H12ClF2N3O/c1-15(18)11(19)3-2-10(17)12(15)13(22)9-6-21-14-8(9)4-7(16)5-20-14/h2-6,12H,19H2,1H3,(H,20,21). The van der Waals surface area contributed by atoms with Gasteiger partial charge in [-0.2, -0.15) is 0 Å². The molecule has 22 heavy (non-hydrogen) atoms. The van der Waals surface area contributed by atoms with Crippen LogP contribution in [0.15, 0.2) is 42.1 Å². The Morgan fingerprint density at radius 1 is 1.50 bits per heavy atom. The van der Waals surface area contributed by atoms with E-state index in [2.05, 4.69) is 9.97 Å².